The summed E-state index contributed by atoms with van der Waals surface area (Å²) in [4.78, 5) is 9.88. The van der Waals surface area contributed by atoms with Crippen molar-refractivity contribution >= 4 is 5.69 Å². The van der Waals surface area contributed by atoms with E-state index in [1.54, 1.807) is 0 Å². The highest BCUT2D eigenvalue weighted by Gasteiger charge is 2.13. The first-order chi connectivity index (χ1) is 7.78. The van der Waals surface area contributed by atoms with Crippen LogP contribution >= 0.6 is 0 Å². The summed E-state index contributed by atoms with van der Waals surface area (Å²) in [6.07, 6.45) is 0.789. The number of hydrogen-bond acceptors (Lipinski definition) is 3. The van der Waals surface area contributed by atoms with Crippen LogP contribution in [0.2, 0.25) is 0 Å². The van der Waals surface area contributed by atoms with Crippen molar-refractivity contribution in [3.63, 3.8) is 0 Å². The maximum atomic E-state index is 13.1. The molecule has 0 saturated heterocycles. The molecule has 0 aliphatic heterocycles. The van der Waals surface area contributed by atoms with Crippen LogP contribution in [0, 0.1) is 21.3 Å². The number of rotatable bonds is 4. The second-order valence-corrected chi connectivity index (χ2v) is 5.06. The monoisotopic (exact) mass is 241 g/mol. The Morgan fingerprint density at radius 3 is 2.53 bits per heavy atom. The molecule has 0 amide bonds. The van der Waals surface area contributed by atoms with Gasteiger partial charge in [-0.3, -0.25) is 10.1 Å². The van der Waals surface area contributed by atoms with E-state index in [4.69, 9.17) is 4.74 Å². The summed E-state index contributed by atoms with van der Waals surface area (Å²) < 4.78 is 18.4. The predicted octanol–water partition coefficient (Wildman–Crippen LogP) is 3.55. The van der Waals surface area contributed by atoms with Crippen molar-refractivity contribution in [2.24, 2.45) is 5.41 Å². The van der Waals surface area contributed by atoms with Crippen molar-refractivity contribution in [2.45, 2.75) is 27.2 Å². The molecule has 0 atom stereocenters. The Morgan fingerprint density at radius 1 is 1.35 bits per heavy atom. The Balaban J connectivity index is 2.68. The SMILES string of the molecule is CC(C)(C)CCOc1cc(F)cc([N+](=O)[O-])c1. The number of benzene rings is 1. The number of nitrogens with zero attached hydrogens (tertiary/aromatic N) is 1. The van der Waals surface area contributed by atoms with E-state index in [0.29, 0.717) is 6.61 Å². The summed E-state index contributed by atoms with van der Waals surface area (Å²) in [6.45, 7) is 6.59. The maximum Gasteiger partial charge on any atom is 0.276 e. The Bertz CT molecular complexity index is 413. The molecule has 0 heterocycles. The molecule has 0 saturated carbocycles. The zero-order valence-corrected chi connectivity index (χ0v) is 10.2. The van der Waals surface area contributed by atoms with Crippen molar-refractivity contribution in [3.05, 3.63) is 34.1 Å². The molecule has 1 aromatic carbocycles. The van der Waals surface area contributed by atoms with Crippen molar-refractivity contribution < 1.29 is 14.1 Å². The number of nitro benzene ring substituents is 1. The van der Waals surface area contributed by atoms with E-state index in [2.05, 4.69) is 20.8 Å². The van der Waals surface area contributed by atoms with Crippen molar-refractivity contribution in [1.29, 1.82) is 0 Å². The first-order valence-electron chi connectivity index (χ1n) is 5.36. The van der Waals surface area contributed by atoms with E-state index in [0.717, 1.165) is 18.6 Å². The van der Waals surface area contributed by atoms with Crippen LogP contribution in [-0.4, -0.2) is 11.5 Å². The molecule has 1 aromatic rings. The van der Waals surface area contributed by atoms with Crippen molar-refractivity contribution in [1.82, 2.24) is 0 Å². The van der Waals surface area contributed by atoms with Crippen LogP contribution in [0.4, 0.5) is 10.1 Å². The van der Waals surface area contributed by atoms with Gasteiger partial charge in [0.1, 0.15) is 11.6 Å². The molecule has 0 aliphatic rings. The quantitative estimate of drug-likeness (QED) is 0.598. The minimum atomic E-state index is -0.662. The van der Waals surface area contributed by atoms with Gasteiger partial charge in [0, 0.05) is 6.07 Å². The number of hydrogen-bond donors (Lipinski definition) is 0. The molecule has 0 aliphatic carbocycles. The highest BCUT2D eigenvalue weighted by atomic mass is 19.1. The fourth-order valence-electron chi connectivity index (χ4n) is 1.21. The molecule has 0 unspecified atom stereocenters. The van der Waals surface area contributed by atoms with Gasteiger partial charge in [-0.2, -0.15) is 0 Å². The second-order valence-electron chi connectivity index (χ2n) is 5.06. The third-order valence-corrected chi connectivity index (χ3v) is 2.19. The molecule has 0 N–H and O–H groups in total. The molecule has 1 rings (SSSR count). The van der Waals surface area contributed by atoms with Gasteiger partial charge in [-0.1, -0.05) is 20.8 Å². The highest BCUT2D eigenvalue weighted by molar-refractivity contribution is 5.38. The number of non-ortho nitro benzene ring substituents is 1. The van der Waals surface area contributed by atoms with Gasteiger partial charge in [-0.25, -0.2) is 4.39 Å². The fraction of sp³-hybridized carbons (Fsp3) is 0.500. The lowest BCUT2D eigenvalue weighted by Gasteiger charge is -2.17. The van der Waals surface area contributed by atoms with Gasteiger partial charge in [-0.05, 0) is 11.8 Å². The Morgan fingerprint density at radius 2 is 2.00 bits per heavy atom. The van der Waals surface area contributed by atoms with Crippen LogP contribution in [-0.2, 0) is 0 Å². The summed E-state index contributed by atoms with van der Waals surface area (Å²) in [5, 5.41) is 10.5. The van der Waals surface area contributed by atoms with Gasteiger partial charge >= 0.3 is 0 Å². The Labute approximate surface area is 99.6 Å². The fourth-order valence-corrected chi connectivity index (χ4v) is 1.21. The molecule has 17 heavy (non-hydrogen) atoms. The lowest BCUT2D eigenvalue weighted by atomic mass is 9.93. The number of nitro groups is 1. The van der Waals surface area contributed by atoms with E-state index in [1.807, 2.05) is 0 Å². The predicted molar refractivity (Wildman–Crippen MR) is 62.6 cm³/mol. The summed E-state index contributed by atoms with van der Waals surface area (Å²) in [5.74, 6) is -0.467. The summed E-state index contributed by atoms with van der Waals surface area (Å²) in [6, 6.07) is 3.25. The molecular weight excluding hydrogens is 225 g/mol. The smallest absolute Gasteiger partial charge is 0.276 e. The zero-order valence-electron chi connectivity index (χ0n) is 10.2. The standard InChI is InChI=1S/C12H16FNO3/c1-12(2,3)4-5-17-11-7-9(13)6-10(8-11)14(15)16/h6-8H,4-5H2,1-3H3. The third kappa shape index (κ3) is 4.80. The van der Waals surface area contributed by atoms with Gasteiger partial charge < -0.3 is 4.74 Å². The van der Waals surface area contributed by atoms with Gasteiger partial charge in [-0.15, -0.1) is 0 Å². The van der Waals surface area contributed by atoms with Crippen LogP contribution in [0.3, 0.4) is 0 Å². The number of ether oxygens (including phenoxy) is 1. The van der Waals surface area contributed by atoms with Crippen LogP contribution in [0.5, 0.6) is 5.75 Å². The normalized spacial score (nSPS) is 11.3. The molecule has 0 bridgehead atoms. The first kappa shape index (κ1) is 13.4. The molecule has 5 heteroatoms. The van der Waals surface area contributed by atoms with Gasteiger partial charge in [0.05, 0.1) is 23.7 Å². The molecule has 0 aromatic heterocycles. The Hall–Kier alpha value is -1.65. The molecule has 0 fully saturated rings. The van der Waals surface area contributed by atoms with Crippen LogP contribution in [0.15, 0.2) is 18.2 Å². The van der Waals surface area contributed by atoms with E-state index in [-0.39, 0.29) is 16.9 Å². The average Bonchev–Trinajstić information content (AvgIpc) is 2.14. The largest absolute Gasteiger partial charge is 0.493 e. The lowest BCUT2D eigenvalue weighted by Crippen LogP contribution is -2.11. The Kier molecular flexibility index (Phi) is 4.04. The zero-order chi connectivity index (χ0) is 13.1. The topological polar surface area (TPSA) is 52.4 Å². The molecular formula is C12H16FNO3. The van der Waals surface area contributed by atoms with E-state index in [1.165, 1.54) is 6.07 Å². The van der Waals surface area contributed by atoms with Gasteiger partial charge in [0.2, 0.25) is 0 Å². The van der Waals surface area contributed by atoms with Crippen LogP contribution < -0.4 is 4.74 Å². The van der Waals surface area contributed by atoms with Crippen molar-refractivity contribution in [2.75, 3.05) is 6.61 Å². The minimum Gasteiger partial charge on any atom is -0.493 e. The second kappa shape index (κ2) is 5.12. The lowest BCUT2D eigenvalue weighted by molar-refractivity contribution is -0.385. The third-order valence-electron chi connectivity index (χ3n) is 2.19. The average molecular weight is 241 g/mol. The highest BCUT2D eigenvalue weighted by Crippen LogP contribution is 2.23. The van der Waals surface area contributed by atoms with Gasteiger partial charge in [0.15, 0.2) is 0 Å². The van der Waals surface area contributed by atoms with Crippen LogP contribution in [0.1, 0.15) is 27.2 Å². The van der Waals surface area contributed by atoms with Crippen LogP contribution in [0.25, 0.3) is 0 Å². The van der Waals surface area contributed by atoms with E-state index < -0.39 is 10.7 Å². The van der Waals surface area contributed by atoms with Crippen molar-refractivity contribution in [3.8, 4) is 5.75 Å². The van der Waals surface area contributed by atoms with E-state index >= 15 is 0 Å². The number of halogens is 1. The summed E-state index contributed by atoms with van der Waals surface area (Å²) >= 11 is 0. The minimum absolute atomic E-state index is 0.110. The summed E-state index contributed by atoms with van der Waals surface area (Å²) in [5.41, 5.74) is -0.185. The first-order valence-corrected chi connectivity index (χ1v) is 5.36. The maximum absolute atomic E-state index is 13.1. The molecule has 4 nitrogen and oxygen atoms in total. The summed E-state index contributed by atoms with van der Waals surface area (Å²) in [7, 11) is 0. The molecule has 0 radical (unpaired) electrons. The van der Waals surface area contributed by atoms with Gasteiger partial charge in [0.25, 0.3) is 5.69 Å². The molecule has 0 spiro atoms. The van der Waals surface area contributed by atoms with E-state index in [9.17, 15) is 14.5 Å². The molecule has 94 valence electrons.